The number of alkyl halides is 1. The molecular formula is C26H33FN2O2. The predicted octanol–water partition coefficient (Wildman–Crippen LogP) is 5.72. The molecule has 0 bridgehead atoms. The van der Waals surface area contributed by atoms with Crippen molar-refractivity contribution in [3.63, 3.8) is 0 Å². The van der Waals surface area contributed by atoms with E-state index in [4.69, 9.17) is 0 Å². The quantitative estimate of drug-likeness (QED) is 0.463. The highest BCUT2D eigenvalue weighted by Crippen LogP contribution is 2.32. The third kappa shape index (κ3) is 7.05. The van der Waals surface area contributed by atoms with Crippen LogP contribution in [0, 0.1) is 11.8 Å². The predicted molar refractivity (Wildman–Crippen MR) is 120 cm³/mol. The number of halogens is 1. The minimum absolute atomic E-state index is 0.120. The second kappa shape index (κ2) is 11.8. The van der Waals surface area contributed by atoms with Crippen LogP contribution in [0.3, 0.4) is 0 Å². The van der Waals surface area contributed by atoms with Gasteiger partial charge in [0.05, 0.1) is 6.67 Å². The fourth-order valence-electron chi connectivity index (χ4n) is 4.35. The Balaban J connectivity index is 1.47. The zero-order valence-electron chi connectivity index (χ0n) is 18.5. The van der Waals surface area contributed by atoms with E-state index in [0.29, 0.717) is 43.2 Å². The Morgan fingerprint density at radius 3 is 2.29 bits per heavy atom. The molecule has 0 amide bonds. The molecule has 0 aliphatic heterocycles. The van der Waals surface area contributed by atoms with Gasteiger partial charge in [-0.2, -0.15) is 0 Å². The molecule has 3 rings (SSSR count). The molecule has 0 radical (unpaired) electrons. The van der Waals surface area contributed by atoms with Gasteiger partial charge >= 0.3 is 0 Å². The summed E-state index contributed by atoms with van der Waals surface area (Å²) in [5, 5.41) is 0. The van der Waals surface area contributed by atoms with Crippen LogP contribution in [-0.4, -0.2) is 28.2 Å². The van der Waals surface area contributed by atoms with Crippen LogP contribution in [0.2, 0.25) is 0 Å². The molecule has 1 fully saturated rings. The Hall–Kier alpha value is -2.43. The molecule has 1 aromatic heterocycles. The largest absolute Gasteiger partial charge is 0.300 e. The first-order valence-corrected chi connectivity index (χ1v) is 11.6. The molecule has 1 aliphatic rings. The molecule has 31 heavy (non-hydrogen) atoms. The first-order valence-electron chi connectivity index (χ1n) is 11.6. The average molecular weight is 425 g/mol. The molecule has 166 valence electrons. The maximum Gasteiger partial charge on any atom is 0.159 e. The van der Waals surface area contributed by atoms with E-state index in [-0.39, 0.29) is 18.4 Å². The van der Waals surface area contributed by atoms with Crippen LogP contribution in [0.1, 0.15) is 69.4 Å². The van der Waals surface area contributed by atoms with Crippen molar-refractivity contribution in [2.24, 2.45) is 11.8 Å². The van der Waals surface area contributed by atoms with Crippen LogP contribution in [0.5, 0.6) is 0 Å². The number of ketones is 2. The first-order chi connectivity index (χ1) is 15.1. The third-order valence-corrected chi connectivity index (χ3v) is 6.42. The van der Waals surface area contributed by atoms with E-state index in [9.17, 15) is 14.0 Å². The van der Waals surface area contributed by atoms with Crippen LogP contribution in [0.15, 0.2) is 36.7 Å². The molecule has 0 spiro atoms. The normalized spacial score (nSPS) is 18.6. The molecule has 1 aromatic carbocycles. The Labute approximate surface area is 184 Å². The van der Waals surface area contributed by atoms with Crippen molar-refractivity contribution in [1.82, 2.24) is 9.97 Å². The van der Waals surface area contributed by atoms with E-state index in [1.165, 1.54) is 0 Å². The van der Waals surface area contributed by atoms with Crippen LogP contribution < -0.4 is 0 Å². The standard InChI is InChI=1S/C26H33FN2O2/c1-2-24(30)14-9-20-5-10-22(11-6-20)25(31)16-21-17-28-26(29-18-21)23-12-7-19(8-13-23)4-3-15-27/h7-8,12-13,17-18,20,22H,2-6,9-11,14-16H2,1H3. The third-order valence-electron chi connectivity index (χ3n) is 6.42. The van der Waals surface area contributed by atoms with Crippen molar-refractivity contribution in [2.45, 2.75) is 71.1 Å². The zero-order valence-corrected chi connectivity index (χ0v) is 18.5. The molecule has 0 atom stereocenters. The highest BCUT2D eigenvalue weighted by Gasteiger charge is 2.26. The van der Waals surface area contributed by atoms with Gasteiger partial charge in [0, 0.05) is 43.1 Å². The number of aryl methyl sites for hydroxylation is 1. The van der Waals surface area contributed by atoms with Crippen molar-refractivity contribution in [3.8, 4) is 11.4 Å². The Bertz CT molecular complexity index is 841. The fourth-order valence-corrected chi connectivity index (χ4v) is 4.35. The van der Waals surface area contributed by atoms with Crippen LogP contribution in [0.25, 0.3) is 11.4 Å². The fraction of sp³-hybridized carbons (Fsp3) is 0.538. The molecule has 2 aromatic rings. The lowest BCUT2D eigenvalue weighted by molar-refractivity contribution is -0.124. The van der Waals surface area contributed by atoms with E-state index in [1.807, 2.05) is 31.2 Å². The molecule has 1 heterocycles. The van der Waals surface area contributed by atoms with E-state index < -0.39 is 0 Å². The molecule has 0 N–H and O–H groups in total. The van der Waals surface area contributed by atoms with Gasteiger partial charge in [0.1, 0.15) is 11.6 Å². The summed E-state index contributed by atoms with van der Waals surface area (Å²) in [4.78, 5) is 33.1. The summed E-state index contributed by atoms with van der Waals surface area (Å²) in [6, 6.07) is 7.89. The number of Topliss-reactive ketones (excluding diaryl/α,β-unsaturated/α-hetero) is 2. The number of benzene rings is 1. The van der Waals surface area contributed by atoms with Gasteiger partial charge in [0.15, 0.2) is 5.82 Å². The van der Waals surface area contributed by atoms with Gasteiger partial charge in [-0.1, -0.05) is 31.2 Å². The highest BCUT2D eigenvalue weighted by atomic mass is 19.1. The van der Waals surface area contributed by atoms with Crippen LogP contribution in [0.4, 0.5) is 4.39 Å². The summed E-state index contributed by atoms with van der Waals surface area (Å²) >= 11 is 0. The molecular weight excluding hydrogens is 391 g/mol. The zero-order chi connectivity index (χ0) is 22.1. The number of carbonyl (C=O) groups excluding carboxylic acids is 2. The topological polar surface area (TPSA) is 59.9 Å². The van der Waals surface area contributed by atoms with Gasteiger partial charge in [-0.3, -0.25) is 14.0 Å². The van der Waals surface area contributed by atoms with Crippen LogP contribution in [-0.2, 0) is 22.4 Å². The van der Waals surface area contributed by atoms with Crippen molar-refractivity contribution < 1.29 is 14.0 Å². The summed E-state index contributed by atoms with van der Waals surface area (Å²) in [6.45, 7) is 1.62. The Morgan fingerprint density at radius 2 is 1.68 bits per heavy atom. The molecule has 0 unspecified atom stereocenters. The summed E-state index contributed by atoms with van der Waals surface area (Å²) in [5.41, 5.74) is 2.88. The SMILES string of the molecule is CCC(=O)CCC1CCC(C(=O)Cc2cnc(-c3ccc(CCCF)cc3)nc2)CC1. The number of hydrogen-bond acceptors (Lipinski definition) is 4. The van der Waals surface area contributed by atoms with Crippen molar-refractivity contribution >= 4 is 11.6 Å². The highest BCUT2D eigenvalue weighted by molar-refractivity contribution is 5.83. The van der Waals surface area contributed by atoms with E-state index in [1.54, 1.807) is 12.4 Å². The maximum absolute atomic E-state index is 12.7. The second-order valence-corrected chi connectivity index (χ2v) is 8.70. The molecule has 4 nitrogen and oxygen atoms in total. The Morgan fingerprint density at radius 1 is 1.00 bits per heavy atom. The van der Waals surface area contributed by atoms with Gasteiger partial charge in [0.2, 0.25) is 0 Å². The number of rotatable bonds is 11. The van der Waals surface area contributed by atoms with Gasteiger partial charge in [0.25, 0.3) is 0 Å². The summed E-state index contributed by atoms with van der Waals surface area (Å²) < 4.78 is 12.3. The lowest BCUT2D eigenvalue weighted by Gasteiger charge is -2.27. The summed E-state index contributed by atoms with van der Waals surface area (Å²) in [6.07, 6.45) is 11.4. The van der Waals surface area contributed by atoms with Gasteiger partial charge in [-0.15, -0.1) is 0 Å². The van der Waals surface area contributed by atoms with E-state index >= 15 is 0 Å². The summed E-state index contributed by atoms with van der Waals surface area (Å²) in [5.74, 6) is 1.96. The molecule has 1 aliphatic carbocycles. The van der Waals surface area contributed by atoms with Gasteiger partial charge in [-0.25, -0.2) is 9.97 Å². The number of aromatic nitrogens is 2. The number of nitrogens with zero attached hydrogens (tertiary/aromatic N) is 2. The molecule has 1 saturated carbocycles. The number of carbonyl (C=O) groups is 2. The van der Waals surface area contributed by atoms with Gasteiger partial charge < -0.3 is 0 Å². The molecule has 5 heteroatoms. The summed E-state index contributed by atoms with van der Waals surface area (Å²) in [7, 11) is 0. The van der Waals surface area contributed by atoms with Crippen LogP contribution >= 0.6 is 0 Å². The van der Waals surface area contributed by atoms with Gasteiger partial charge in [-0.05, 0) is 62.0 Å². The second-order valence-electron chi connectivity index (χ2n) is 8.70. The van der Waals surface area contributed by atoms with E-state index in [2.05, 4.69) is 9.97 Å². The lowest BCUT2D eigenvalue weighted by atomic mass is 9.77. The lowest BCUT2D eigenvalue weighted by Crippen LogP contribution is -2.23. The van der Waals surface area contributed by atoms with E-state index in [0.717, 1.165) is 55.2 Å². The number of hydrogen-bond donors (Lipinski definition) is 0. The monoisotopic (exact) mass is 424 g/mol. The minimum Gasteiger partial charge on any atom is -0.300 e. The molecule has 0 saturated heterocycles. The maximum atomic E-state index is 12.7. The smallest absolute Gasteiger partial charge is 0.159 e. The average Bonchev–Trinajstić information content (AvgIpc) is 2.82. The van der Waals surface area contributed by atoms with Crippen molar-refractivity contribution in [3.05, 3.63) is 47.8 Å². The van der Waals surface area contributed by atoms with Crippen molar-refractivity contribution in [1.29, 1.82) is 0 Å². The first kappa shape index (κ1) is 23.2. The van der Waals surface area contributed by atoms with Crippen molar-refractivity contribution in [2.75, 3.05) is 6.67 Å². The Kier molecular flexibility index (Phi) is 8.86. The minimum atomic E-state index is -0.299.